The fraction of sp³-hybridized carbons (Fsp3) is 0.417. The molecule has 17 heavy (non-hydrogen) atoms. The predicted octanol–water partition coefficient (Wildman–Crippen LogP) is 2.48. The van der Waals surface area contributed by atoms with Crippen LogP contribution in [0.3, 0.4) is 0 Å². The van der Waals surface area contributed by atoms with Gasteiger partial charge >= 0.3 is 0 Å². The second kappa shape index (κ2) is 5.95. The number of amides is 1. The molecule has 0 saturated carbocycles. The normalized spacial score (nSPS) is 19.2. The summed E-state index contributed by atoms with van der Waals surface area (Å²) in [5, 5.41) is 12.5. The van der Waals surface area contributed by atoms with Crippen molar-refractivity contribution >= 4 is 40.3 Å². The molecule has 1 saturated heterocycles. The Morgan fingerprint density at radius 2 is 2.41 bits per heavy atom. The number of phenols is 1. The molecule has 1 heterocycles. The van der Waals surface area contributed by atoms with Gasteiger partial charge in [-0.25, -0.2) is 0 Å². The second-order valence-electron chi connectivity index (χ2n) is 4.11. The highest BCUT2D eigenvalue weighted by Crippen LogP contribution is 2.23. The van der Waals surface area contributed by atoms with Gasteiger partial charge in [0.25, 0.3) is 5.91 Å². The van der Waals surface area contributed by atoms with E-state index >= 15 is 0 Å². The number of nitrogens with one attached hydrogen (secondary N) is 1. The van der Waals surface area contributed by atoms with Gasteiger partial charge in [0.05, 0.1) is 3.57 Å². The molecule has 1 unspecified atom stereocenters. The van der Waals surface area contributed by atoms with Crippen LogP contribution in [-0.2, 0) is 0 Å². The van der Waals surface area contributed by atoms with Crippen molar-refractivity contribution in [1.82, 2.24) is 5.32 Å². The van der Waals surface area contributed by atoms with E-state index in [-0.39, 0.29) is 11.7 Å². The van der Waals surface area contributed by atoms with Crippen LogP contribution in [0.2, 0.25) is 0 Å². The minimum absolute atomic E-state index is 0.103. The topological polar surface area (TPSA) is 49.3 Å². The number of benzene rings is 1. The third-order valence-corrected chi connectivity index (χ3v) is 4.93. The Kier molecular flexibility index (Phi) is 4.55. The van der Waals surface area contributed by atoms with Gasteiger partial charge in [-0.15, -0.1) is 0 Å². The number of hydrogen-bond donors (Lipinski definition) is 2. The first kappa shape index (κ1) is 13.0. The lowest BCUT2D eigenvalue weighted by Crippen LogP contribution is -2.29. The zero-order chi connectivity index (χ0) is 12.3. The number of halogens is 1. The van der Waals surface area contributed by atoms with Crippen LogP contribution in [0, 0.1) is 9.49 Å². The van der Waals surface area contributed by atoms with Crippen LogP contribution in [0.4, 0.5) is 0 Å². The van der Waals surface area contributed by atoms with Crippen molar-refractivity contribution < 1.29 is 9.90 Å². The van der Waals surface area contributed by atoms with Crippen LogP contribution in [0.5, 0.6) is 5.75 Å². The van der Waals surface area contributed by atoms with Crippen molar-refractivity contribution in [2.75, 3.05) is 18.1 Å². The van der Waals surface area contributed by atoms with E-state index in [1.54, 1.807) is 12.1 Å². The number of thioether (sulfide) groups is 1. The predicted molar refractivity (Wildman–Crippen MR) is 78.6 cm³/mol. The van der Waals surface area contributed by atoms with E-state index in [0.29, 0.717) is 11.5 Å². The Balaban J connectivity index is 1.92. The molecule has 0 aromatic heterocycles. The van der Waals surface area contributed by atoms with Crippen molar-refractivity contribution in [3.63, 3.8) is 0 Å². The molecule has 1 amide bonds. The Bertz CT molecular complexity index is 419. The maximum atomic E-state index is 11.8. The average Bonchev–Trinajstić information content (AvgIpc) is 2.82. The first-order chi connectivity index (χ1) is 8.16. The lowest BCUT2D eigenvalue weighted by Gasteiger charge is -2.10. The quantitative estimate of drug-likeness (QED) is 0.812. The van der Waals surface area contributed by atoms with Gasteiger partial charge in [-0.1, -0.05) is 0 Å². The molecule has 1 atom stereocenters. The fourth-order valence-corrected chi connectivity index (χ4v) is 3.36. The summed E-state index contributed by atoms with van der Waals surface area (Å²) in [6.45, 7) is 0.735. The Labute approximate surface area is 119 Å². The molecule has 0 bridgehead atoms. The van der Waals surface area contributed by atoms with Gasteiger partial charge in [0.15, 0.2) is 0 Å². The molecule has 1 aliphatic heterocycles. The third-order valence-electron chi connectivity index (χ3n) is 2.78. The van der Waals surface area contributed by atoms with Gasteiger partial charge in [-0.3, -0.25) is 4.79 Å². The van der Waals surface area contributed by atoms with Crippen LogP contribution in [0.1, 0.15) is 16.8 Å². The van der Waals surface area contributed by atoms with Crippen LogP contribution < -0.4 is 5.32 Å². The number of phenolic OH excluding ortho intramolecular Hbond substituents is 1. The number of aromatic hydroxyl groups is 1. The summed E-state index contributed by atoms with van der Waals surface area (Å²) < 4.78 is 0.756. The van der Waals surface area contributed by atoms with Gasteiger partial charge in [-0.2, -0.15) is 11.8 Å². The molecule has 1 aromatic rings. The number of rotatable bonds is 3. The van der Waals surface area contributed by atoms with Crippen molar-refractivity contribution in [1.29, 1.82) is 0 Å². The molecule has 1 aromatic carbocycles. The minimum Gasteiger partial charge on any atom is -0.507 e. The molecular weight excluding hydrogens is 349 g/mol. The largest absolute Gasteiger partial charge is 0.507 e. The van der Waals surface area contributed by atoms with Crippen molar-refractivity contribution in [3.05, 3.63) is 27.3 Å². The Morgan fingerprint density at radius 1 is 1.59 bits per heavy atom. The third kappa shape index (κ3) is 3.51. The molecule has 2 rings (SSSR count). The standard InChI is InChI=1S/C12H14INO2S/c13-10-2-1-9(5-11(10)15)12(16)14-6-8-3-4-17-7-8/h1-2,5,8,15H,3-4,6-7H2,(H,14,16). The average molecular weight is 363 g/mol. The van der Waals surface area contributed by atoms with Crippen LogP contribution in [-0.4, -0.2) is 29.1 Å². The van der Waals surface area contributed by atoms with Crippen molar-refractivity contribution in [2.45, 2.75) is 6.42 Å². The second-order valence-corrected chi connectivity index (χ2v) is 6.42. The molecule has 3 nitrogen and oxygen atoms in total. The highest BCUT2D eigenvalue weighted by Gasteiger charge is 2.16. The number of hydrogen-bond acceptors (Lipinski definition) is 3. The zero-order valence-electron chi connectivity index (χ0n) is 9.28. The summed E-state index contributed by atoms with van der Waals surface area (Å²) in [7, 11) is 0. The van der Waals surface area contributed by atoms with Gasteiger partial charge in [0.1, 0.15) is 5.75 Å². The highest BCUT2D eigenvalue weighted by atomic mass is 127. The molecule has 1 aliphatic rings. The molecule has 0 spiro atoms. The SMILES string of the molecule is O=C(NCC1CCSC1)c1ccc(I)c(O)c1. The highest BCUT2D eigenvalue weighted by molar-refractivity contribution is 14.1. The summed E-state index contributed by atoms with van der Waals surface area (Å²) in [6, 6.07) is 5.00. The number of carbonyl (C=O) groups is 1. The summed E-state index contributed by atoms with van der Waals surface area (Å²) in [6.07, 6.45) is 1.18. The first-order valence-corrected chi connectivity index (χ1v) is 7.74. The minimum atomic E-state index is -0.103. The summed E-state index contributed by atoms with van der Waals surface area (Å²) in [5.74, 6) is 2.99. The van der Waals surface area contributed by atoms with Crippen LogP contribution in [0.25, 0.3) is 0 Å². The number of carbonyl (C=O) groups excluding carboxylic acids is 1. The summed E-state index contributed by atoms with van der Waals surface area (Å²) >= 11 is 3.97. The first-order valence-electron chi connectivity index (χ1n) is 5.51. The maximum absolute atomic E-state index is 11.8. The molecule has 1 fully saturated rings. The van der Waals surface area contributed by atoms with Gasteiger partial charge in [0, 0.05) is 12.1 Å². The molecular formula is C12H14INO2S. The van der Waals surface area contributed by atoms with Crippen LogP contribution in [0.15, 0.2) is 18.2 Å². The summed E-state index contributed by atoms with van der Waals surface area (Å²) in [5.41, 5.74) is 0.522. The maximum Gasteiger partial charge on any atom is 0.251 e. The lowest BCUT2D eigenvalue weighted by atomic mass is 10.1. The van der Waals surface area contributed by atoms with Gasteiger partial charge in [-0.05, 0) is 64.6 Å². The van der Waals surface area contributed by atoms with Crippen LogP contribution >= 0.6 is 34.4 Å². The van der Waals surface area contributed by atoms with Crippen molar-refractivity contribution in [3.8, 4) is 5.75 Å². The van der Waals surface area contributed by atoms with E-state index in [9.17, 15) is 9.90 Å². The molecule has 5 heteroatoms. The lowest BCUT2D eigenvalue weighted by molar-refractivity contribution is 0.0948. The van der Waals surface area contributed by atoms with E-state index in [1.165, 1.54) is 18.2 Å². The Hall–Kier alpha value is -0.430. The van der Waals surface area contributed by atoms with E-state index in [1.807, 2.05) is 34.4 Å². The van der Waals surface area contributed by atoms with E-state index < -0.39 is 0 Å². The smallest absolute Gasteiger partial charge is 0.251 e. The summed E-state index contributed by atoms with van der Waals surface area (Å²) in [4.78, 5) is 11.8. The zero-order valence-corrected chi connectivity index (χ0v) is 12.3. The Morgan fingerprint density at radius 3 is 3.06 bits per heavy atom. The molecule has 2 N–H and O–H groups in total. The molecule has 0 aliphatic carbocycles. The van der Waals surface area contributed by atoms with Crippen molar-refractivity contribution in [2.24, 2.45) is 5.92 Å². The fourth-order valence-electron chi connectivity index (χ4n) is 1.74. The van der Waals surface area contributed by atoms with E-state index in [2.05, 4.69) is 5.32 Å². The van der Waals surface area contributed by atoms with E-state index in [4.69, 9.17) is 0 Å². The van der Waals surface area contributed by atoms with Gasteiger partial charge < -0.3 is 10.4 Å². The molecule has 0 radical (unpaired) electrons. The monoisotopic (exact) mass is 363 g/mol. The van der Waals surface area contributed by atoms with E-state index in [0.717, 1.165) is 15.9 Å². The van der Waals surface area contributed by atoms with Gasteiger partial charge in [0.2, 0.25) is 0 Å². The molecule has 92 valence electrons.